The van der Waals surface area contributed by atoms with Crippen LogP contribution in [0.25, 0.3) is 0 Å². The minimum absolute atomic E-state index is 0.0258. The van der Waals surface area contributed by atoms with Gasteiger partial charge in [0.1, 0.15) is 12.6 Å². The van der Waals surface area contributed by atoms with Gasteiger partial charge in [-0.3, -0.25) is 9.59 Å². The minimum Gasteiger partial charge on any atom is -0.480 e. The third-order valence-electron chi connectivity index (χ3n) is 2.08. The highest BCUT2D eigenvalue weighted by Gasteiger charge is 2.23. The zero-order valence-corrected chi connectivity index (χ0v) is 13.9. The molecule has 13 nitrogen and oxygen atoms in total. The summed E-state index contributed by atoms with van der Waals surface area (Å²) in [6, 6.07) is -1.78. The maximum absolute atomic E-state index is 11.4. The van der Waals surface area contributed by atoms with E-state index in [4.69, 9.17) is 31.3 Å². The van der Waals surface area contributed by atoms with Crippen molar-refractivity contribution in [3.05, 3.63) is 11.7 Å². The first-order chi connectivity index (χ1) is 11.8. The van der Waals surface area contributed by atoms with Gasteiger partial charge in [-0.05, 0) is 6.92 Å². The Morgan fingerprint density at radius 2 is 1.88 bits per heavy atom. The molecule has 0 aliphatic carbocycles. The molecule has 3 amide bonds. The van der Waals surface area contributed by atoms with Gasteiger partial charge in [-0.2, -0.15) is 4.98 Å². The molecule has 1 aromatic rings. The molecule has 0 aliphatic rings. The molecule has 0 aromatic carbocycles. The quantitative estimate of drug-likeness (QED) is 0.267. The van der Waals surface area contributed by atoms with Gasteiger partial charge in [0.05, 0.1) is 13.0 Å². The summed E-state index contributed by atoms with van der Waals surface area (Å²) in [5.74, 6) is -1.77. The van der Waals surface area contributed by atoms with E-state index in [9.17, 15) is 14.4 Å². The number of aliphatic hydroxyl groups is 2. The lowest BCUT2D eigenvalue weighted by Gasteiger charge is -2.13. The lowest BCUT2D eigenvalue weighted by molar-refractivity contribution is -0.135. The molecule has 1 unspecified atom stereocenters. The Labute approximate surface area is 143 Å². The van der Waals surface area contributed by atoms with Crippen molar-refractivity contribution in [3.63, 3.8) is 0 Å². The van der Waals surface area contributed by atoms with E-state index in [0.29, 0.717) is 0 Å². The van der Waals surface area contributed by atoms with Crippen molar-refractivity contribution in [2.24, 2.45) is 11.5 Å². The molecule has 0 bridgehead atoms. The Kier molecular flexibility index (Phi) is 14.5. The zero-order chi connectivity index (χ0) is 19.8. The molecule has 1 aromatic heterocycles. The van der Waals surface area contributed by atoms with Crippen molar-refractivity contribution in [1.82, 2.24) is 20.8 Å². The predicted octanol–water partition coefficient (Wildman–Crippen LogP) is -2.56. The largest absolute Gasteiger partial charge is 0.480 e. The van der Waals surface area contributed by atoms with Crippen LogP contribution in [0, 0.1) is 0 Å². The van der Waals surface area contributed by atoms with Crippen LogP contribution in [0.15, 0.2) is 4.52 Å². The van der Waals surface area contributed by atoms with E-state index in [-0.39, 0.29) is 31.3 Å². The lowest BCUT2D eigenvalue weighted by Crippen LogP contribution is -2.41. The number of nitrogens with one attached hydrogen (secondary N) is 2. The van der Waals surface area contributed by atoms with E-state index in [1.807, 2.05) is 0 Å². The van der Waals surface area contributed by atoms with Crippen LogP contribution in [0.3, 0.4) is 0 Å². The summed E-state index contributed by atoms with van der Waals surface area (Å²) in [5.41, 5.74) is 10.4. The maximum Gasteiger partial charge on any atom is 0.323 e. The van der Waals surface area contributed by atoms with E-state index >= 15 is 0 Å². The van der Waals surface area contributed by atoms with Gasteiger partial charge in [-0.1, -0.05) is 5.16 Å². The fourth-order valence-corrected chi connectivity index (χ4v) is 1.26. The Bertz CT molecular complexity index is 522. The van der Waals surface area contributed by atoms with Crippen LogP contribution in [0.4, 0.5) is 4.79 Å². The van der Waals surface area contributed by atoms with Gasteiger partial charge in [0.25, 0.3) is 0 Å². The highest BCUT2D eigenvalue weighted by atomic mass is 16.5. The fourth-order valence-electron chi connectivity index (χ4n) is 1.26. The van der Waals surface area contributed by atoms with Crippen molar-refractivity contribution >= 4 is 17.9 Å². The maximum atomic E-state index is 11.4. The van der Waals surface area contributed by atoms with Gasteiger partial charge in [-0.25, -0.2) is 4.79 Å². The first-order valence-electron chi connectivity index (χ1n) is 6.96. The first kappa shape index (κ1) is 24.5. The van der Waals surface area contributed by atoms with Crippen molar-refractivity contribution in [1.29, 1.82) is 0 Å². The Hall–Kier alpha value is -2.77. The molecule has 0 saturated heterocycles. The molecule has 1 heterocycles. The standard InChI is InChI=1S/C9H14N6O5.C2H6O.CH4O/c10-2-6-14-8(20-15-6)4(1-5(11)16)13-9(19)12-3-7(17)18;1-2-3;1-2/h4H,1-3,10H2,(H2,11,16)(H,17,18)(H2,12,13,19);3H,2H2,1H3;2H,1H3. The number of rotatable bonds is 7. The number of carbonyl (C=O) groups excluding carboxylic acids is 2. The number of carboxylic acids is 1. The number of nitrogens with two attached hydrogens (primary N) is 2. The van der Waals surface area contributed by atoms with Crippen LogP contribution in [-0.4, -0.2) is 63.6 Å². The third-order valence-corrected chi connectivity index (χ3v) is 2.08. The number of aliphatic carboxylic acids is 1. The summed E-state index contributed by atoms with van der Waals surface area (Å²) in [6.45, 7) is 1.38. The second-order valence-electron chi connectivity index (χ2n) is 4.01. The number of carboxylic acid groups (broad SMARTS) is 1. The Morgan fingerprint density at radius 1 is 1.32 bits per heavy atom. The van der Waals surface area contributed by atoms with Gasteiger partial charge < -0.3 is 41.9 Å². The van der Waals surface area contributed by atoms with Gasteiger partial charge in [0.2, 0.25) is 11.8 Å². The van der Waals surface area contributed by atoms with E-state index < -0.39 is 30.5 Å². The van der Waals surface area contributed by atoms with Gasteiger partial charge >= 0.3 is 12.0 Å². The Balaban J connectivity index is 0. The Morgan fingerprint density at radius 3 is 2.28 bits per heavy atom. The fraction of sp³-hybridized carbons (Fsp3) is 0.583. The monoisotopic (exact) mass is 364 g/mol. The molecule has 13 heteroatoms. The molecule has 144 valence electrons. The number of nitrogens with zero attached hydrogens (tertiary/aromatic N) is 2. The minimum atomic E-state index is -1.21. The van der Waals surface area contributed by atoms with Crippen molar-refractivity contribution in [2.75, 3.05) is 20.3 Å². The van der Waals surface area contributed by atoms with Gasteiger partial charge in [0.15, 0.2) is 5.82 Å². The number of amides is 3. The topological polar surface area (TPSA) is 227 Å². The smallest absolute Gasteiger partial charge is 0.323 e. The zero-order valence-electron chi connectivity index (χ0n) is 13.9. The summed E-state index contributed by atoms with van der Waals surface area (Å²) in [6.07, 6.45) is -0.285. The number of urea groups is 1. The van der Waals surface area contributed by atoms with Crippen LogP contribution >= 0.6 is 0 Å². The van der Waals surface area contributed by atoms with Crippen LogP contribution < -0.4 is 22.1 Å². The highest BCUT2D eigenvalue weighted by molar-refractivity contribution is 5.81. The van der Waals surface area contributed by atoms with Crippen molar-refractivity contribution in [2.45, 2.75) is 25.9 Å². The van der Waals surface area contributed by atoms with E-state index in [1.54, 1.807) is 6.92 Å². The van der Waals surface area contributed by atoms with E-state index in [2.05, 4.69) is 20.8 Å². The van der Waals surface area contributed by atoms with Crippen molar-refractivity contribution in [3.8, 4) is 0 Å². The van der Waals surface area contributed by atoms with Crippen LogP contribution in [0.1, 0.15) is 31.1 Å². The number of hydrogen-bond donors (Lipinski definition) is 7. The molecule has 9 N–H and O–H groups in total. The predicted molar refractivity (Wildman–Crippen MR) is 83.8 cm³/mol. The molecule has 1 atom stereocenters. The van der Waals surface area contributed by atoms with E-state index in [0.717, 1.165) is 7.11 Å². The molecule has 25 heavy (non-hydrogen) atoms. The van der Waals surface area contributed by atoms with Gasteiger partial charge in [-0.15, -0.1) is 0 Å². The number of primary amides is 1. The summed E-state index contributed by atoms with van der Waals surface area (Å²) >= 11 is 0. The first-order valence-corrected chi connectivity index (χ1v) is 6.96. The molecular weight excluding hydrogens is 340 g/mol. The number of hydrogen-bond acceptors (Lipinski definition) is 9. The van der Waals surface area contributed by atoms with Gasteiger partial charge in [0, 0.05) is 13.7 Å². The molecule has 0 fully saturated rings. The average Bonchev–Trinajstić information content (AvgIpc) is 3.03. The summed E-state index contributed by atoms with van der Waals surface area (Å²) in [5, 5.41) is 30.9. The van der Waals surface area contributed by atoms with Crippen LogP contribution in [-0.2, 0) is 16.1 Å². The molecule has 0 spiro atoms. The second-order valence-corrected chi connectivity index (χ2v) is 4.01. The molecule has 0 saturated carbocycles. The number of aromatic nitrogens is 2. The second kappa shape index (κ2) is 14.8. The summed E-state index contributed by atoms with van der Waals surface area (Å²) < 4.78 is 4.84. The lowest BCUT2D eigenvalue weighted by atomic mass is 10.2. The van der Waals surface area contributed by atoms with Crippen LogP contribution in [0.5, 0.6) is 0 Å². The summed E-state index contributed by atoms with van der Waals surface area (Å²) in [4.78, 5) is 36.6. The van der Waals surface area contributed by atoms with E-state index in [1.165, 1.54) is 0 Å². The molecule has 0 aliphatic heterocycles. The molecule has 0 radical (unpaired) electrons. The third kappa shape index (κ3) is 12.3. The number of aliphatic hydroxyl groups excluding tert-OH is 2. The number of carbonyl (C=O) groups is 3. The summed E-state index contributed by atoms with van der Waals surface area (Å²) in [7, 11) is 1.00. The average molecular weight is 364 g/mol. The SMILES string of the molecule is CCO.CO.NCc1noc(C(CC(N)=O)NC(=O)NCC(=O)O)n1. The van der Waals surface area contributed by atoms with Crippen molar-refractivity contribution < 1.29 is 34.2 Å². The molecular formula is C12H24N6O7. The normalized spacial score (nSPS) is 10.3. The molecule has 1 rings (SSSR count). The highest BCUT2D eigenvalue weighted by Crippen LogP contribution is 2.14. The van der Waals surface area contributed by atoms with Crippen LogP contribution in [0.2, 0.25) is 0 Å².